The minimum Gasteiger partial charge on any atom is -0.381 e. The maximum absolute atomic E-state index is 12.9. The molecular formula is C31H50O2. The average Bonchev–Trinajstić information content (AvgIpc) is 2.88. The lowest BCUT2D eigenvalue weighted by atomic mass is 9.42. The highest BCUT2D eigenvalue weighted by molar-refractivity contribution is 5.85. The highest BCUT2D eigenvalue weighted by atomic mass is 16.5. The van der Waals surface area contributed by atoms with Gasteiger partial charge >= 0.3 is 0 Å². The van der Waals surface area contributed by atoms with Gasteiger partial charge in [0, 0.05) is 18.9 Å². The quantitative estimate of drug-likeness (QED) is 0.374. The second kappa shape index (κ2) is 7.44. The molecule has 5 aliphatic carbocycles. The monoisotopic (exact) mass is 454 g/mol. The van der Waals surface area contributed by atoms with Crippen molar-refractivity contribution < 1.29 is 9.53 Å². The molecule has 2 heteroatoms. The SMILES string of the molecule is COC1CCC2(C)C3CCC4=C(CCC5C(C)(C)C(=O)CCC45C)CC3(C)CCC2C1(C)C. The zero-order valence-corrected chi connectivity index (χ0v) is 22.9. The van der Waals surface area contributed by atoms with Crippen LogP contribution in [0.25, 0.3) is 0 Å². The molecule has 2 nitrogen and oxygen atoms in total. The fraction of sp³-hybridized carbons (Fsp3) is 0.903. The Kier molecular flexibility index (Phi) is 5.43. The Morgan fingerprint density at radius 3 is 2.15 bits per heavy atom. The van der Waals surface area contributed by atoms with Crippen LogP contribution >= 0.6 is 0 Å². The van der Waals surface area contributed by atoms with Gasteiger partial charge in [-0.1, -0.05) is 59.6 Å². The molecule has 0 heterocycles. The Hall–Kier alpha value is -0.630. The van der Waals surface area contributed by atoms with Crippen LogP contribution in [0.1, 0.15) is 119 Å². The van der Waals surface area contributed by atoms with Gasteiger partial charge < -0.3 is 4.74 Å². The largest absolute Gasteiger partial charge is 0.381 e. The summed E-state index contributed by atoms with van der Waals surface area (Å²) in [6.07, 6.45) is 14.0. The summed E-state index contributed by atoms with van der Waals surface area (Å²) in [6.45, 7) is 17.4. The van der Waals surface area contributed by atoms with Crippen molar-refractivity contribution in [2.24, 2.45) is 44.8 Å². The van der Waals surface area contributed by atoms with Crippen LogP contribution in [0.15, 0.2) is 11.1 Å². The minimum atomic E-state index is -0.159. The molecule has 33 heavy (non-hydrogen) atoms. The highest BCUT2D eigenvalue weighted by Crippen LogP contribution is 2.69. The summed E-state index contributed by atoms with van der Waals surface area (Å²) in [7, 11) is 1.93. The van der Waals surface area contributed by atoms with Crippen LogP contribution in [0, 0.1) is 44.8 Å². The van der Waals surface area contributed by atoms with E-state index in [-0.39, 0.29) is 16.2 Å². The number of fused-ring (bicyclic) bond motifs is 5. The van der Waals surface area contributed by atoms with Crippen molar-refractivity contribution in [3.63, 3.8) is 0 Å². The van der Waals surface area contributed by atoms with Gasteiger partial charge in [-0.25, -0.2) is 0 Å². The molecule has 0 N–H and O–H groups in total. The van der Waals surface area contributed by atoms with E-state index < -0.39 is 0 Å². The van der Waals surface area contributed by atoms with E-state index in [0.717, 1.165) is 24.7 Å². The normalized spacial score (nSPS) is 48.8. The van der Waals surface area contributed by atoms with Gasteiger partial charge in [-0.05, 0) is 104 Å². The Labute approximate surface area is 203 Å². The van der Waals surface area contributed by atoms with Crippen LogP contribution in [0.5, 0.6) is 0 Å². The summed E-state index contributed by atoms with van der Waals surface area (Å²) >= 11 is 0. The first kappa shape index (κ1) is 24.1. The third kappa shape index (κ3) is 3.17. The Morgan fingerprint density at radius 1 is 0.758 bits per heavy atom. The Balaban J connectivity index is 1.50. The van der Waals surface area contributed by atoms with Gasteiger partial charge in [0.2, 0.25) is 0 Å². The van der Waals surface area contributed by atoms with Crippen molar-refractivity contribution in [3.8, 4) is 0 Å². The number of hydrogen-bond donors (Lipinski definition) is 0. The minimum absolute atomic E-state index is 0.159. The van der Waals surface area contributed by atoms with Gasteiger partial charge in [0.15, 0.2) is 0 Å². The second-order valence-corrected chi connectivity index (χ2v) is 14.8. The molecule has 7 unspecified atom stereocenters. The Morgan fingerprint density at radius 2 is 1.45 bits per heavy atom. The molecule has 3 fully saturated rings. The van der Waals surface area contributed by atoms with Gasteiger partial charge in [-0.2, -0.15) is 0 Å². The molecule has 0 spiro atoms. The molecule has 0 aromatic carbocycles. The molecule has 3 saturated carbocycles. The molecule has 0 aromatic rings. The summed E-state index contributed by atoms with van der Waals surface area (Å²) in [5.41, 5.74) is 4.81. The number of carbonyl (C=O) groups is 1. The number of ether oxygens (including phenoxy) is 1. The maximum Gasteiger partial charge on any atom is 0.138 e. The van der Waals surface area contributed by atoms with E-state index in [1.165, 1.54) is 57.8 Å². The van der Waals surface area contributed by atoms with Gasteiger partial charge in [0.1, 0.15) is 5.78 Å². The molecule has 5 rings (SSSR count). The average molecular weight is 455 g/mol. The fourth-order valence-electron chi connectivity index (χ4n) is 11.1. The number of allylic oxidation sites excluding steroid dienone is 2. The molecule has 0 aliphatic heterocycles. The van der Waals surface area contributed by atoms with Crippen molar-refractivity contribution in [1.82, 2.24) is 0 Å². The first-order valence-corrected chi connectivity index (χ1v) is 14.1. The maximum atomic E-state index is 12.9. The predicted octanol–water partition coefficient (Wildman–Crippen LogP) is 8.15. The lowest BCUT2D eigenvalue weighted by Crippen LogP contribution is -2.58. The molecule has 7 atom stereocenters. The standard InChI is InChI=1S/C31H50O2/c1-27(2)22-11-9-20-19-29(5)16-13-23-28(3,4)26(33-8)15-18-31(23,7)24(29)12-10-21(20)30(22,6)17-14-25(27)32/h22-24,26H,9-19H2,1-8H3. The molecule has 0 saturated heterocycles. The van der Waals surface area contributed by atoms with Gasteiger partial charge in [-0.15, -0.1) is 0 Å². The van der Waals surface area contributed by atoms with Crippen LogP contribution in [-0.2, 0) is 9.53 Å². The number of carbonyl (C=O) groups excluding carboxylic acids is 1. The van der Waals surface area contributed by atoms with Gasteiger partial charge in [0.05, 0.1) is 6.10 Å². The van der Waals surface area contributed by atoms with E-state index in [1.54, 1.807) is 5.57 Å². The van der Waals surface area contributed by atoms with Crippen molar-refractivity contribution in [1.29, 1.82) is 0 Å². The van der Waals surface area contributed by atoms with E-state index in [1.807, 2.05) is 12.7 Å². The fourth-order valence-corrected chi connectivity index (χ4v) is 11.1. The molecule has 0 radical (unpaired) electrons. The zero-order valence-electron chi connectivity index (χ0n) is 22.9. The van der Waals surface area contributed by atoms with E-state index in [4.69, 9.17) is 4.74 Å². The van der Waals surface area contributed by atoms with Crippen molar-refractivity contribution in [3.05, 3.63) is 11.1 Å². The van der Waals surface area contributed by atoms with E-state index in [0.29, 0.717) is 28.6 Å². The van der Waals surface area contributed by atoms with Crippen molar-refractivity contribution in [2.45, 2.75) is 125 Å². The predicted molar refractivity (Wildman–Crippen MR) is 136 cm³/mol. The van der Waals surface area contributed by atoms with E-state index >= 15 is 0 Å². The topological polar surface area (TPSA) is 26.3 Å². The van der Waals surface area contributed by atoms with Crippen LogP contribution in [0.2, 0.25) is 0 Å². The molecule has 0 bridgehead atoms. The number of rotatable bonds is 1. The summed E-state index contributed by atoms with van der Waals surface area (Å²) in [6, 6.07) is 0. The molecule has 0 aromatic heterocycles. The number of Topliss-reactive ketones (excluding diaryl/α,β-unsaturated/α-hetero) is 1. The third-order valence-electron chi connectivity index (χ3n) is 12.8. The summed E-state index contributed by atoms with van der Waals surface area (Å²) in [5.74, 6) is 2.59. The number of hydrogen-bond acceptors (Lipinski definition) is 2. The first-order valence-electron chi connectivity index (χ1n) is 14.1. The van der Waals surface area contributed by atoms with E-state index in [9.17, 15) is 4.79 Å². The Bertz CT molecular complexity index is 864. The summed E-state index contributed by atoms with van der Waals surface area (Å²) < 4.78 is 6.03. The van der Waals surface area contributed by atoms with Crippen LogP contribution in [-0.4, -0.2) is 19.0 Å². The van der Waals surface area contributed by atoms with Crippen LogP contribution in [0.4, 0.5) is 0 Å². The zero-order chi connectivity index (χ0) is 24.0. The molecule has 0 amide bonds. The van der Waals surface area contributed by atoms with Crippen molar-refractivity contribution >= 4 is 5.78 Å². The summed E-state index contributed by atoms with van der Waals surface area (Å²) in [4.78, 5) is 12.9. The lowest BCUT2D eigenvalue weighted by molar-refractivity contribution is -0.178. The first-order chi connectivity index (χ1) is 15.3. The lowest BCUT2D eigenvalue weighted by Gasteiger charge is -2.64. The van der Waals surface area contributed by atoms with Gasteiger partial charge in [-0.3, -0.25) is 4.79 Å². The third-order valence-corrected chi connectivity index (χ3v) is 12.8. The number of ketones is 1. The number of methoxy groups -OCH3 is 1. The summed E-state index contributed by atoms with van der Waals surface area (Å²) in [5, 5.41) is 0. The molecule has 5 aliphatic rings. The highest BCUT2D eigenvalue weighted by Gasteiger charge is 2.62. The molecular weight excluding hydrogens is 404 g/mol. The molecule has 186 valence electrons. The van der Waals surface area contributed by atoms with E-state index in [2.05, 4.69) is 48.5 Å². The van der Waals surface area contributed by atoms with Gasteiger partial charge in [0.25, 0.3) is 0 Å². The second-order valence-electron chi connectivity index (χ2n) is 14.8. The van der Waals surface area contributed by atoms with Crippen LogP contribution in [0.3, 0.4) is 0 Å². The van der Waals surface area contributed by atoms with Crippen molar-refractivity contribution in [2.75, 3.05) is 7.11 Å². The van der Waals surface area contributed by atoms with Crippen LogP contribution < -0.4 is 0 Å². The smallest absolute Gasteiger partial charge is 0.138 e.